The zero-order valence-electron chi connectivity index (χ0n) is 8.45. The molecule has 0 saturated heterocycles. The summed E-state index contributed by atoms with van der Waals surface area (Å²) in [5, 5.41) is 8.94. The smallest absolute Gasteiger partial charge is 0.251 e. The number of hydrogen-bond donors (Lipinski definition) is 2. The van der Waals surface area contributed by atoms with E-state index >= 15 is 0 Å². The fraction of sp³-hybridized carbons (Fsp3) is 0.273. The normalized spacial score (nSPS) is 10.8. The first-order valence-corrected chi connectivity index (χ1v) is 4.86. The lowest BCUT2D eigenvalue weighted by Gasteiger charge is -2.01. The molecule has 0 radical (unpaired) electrons. The van der Waals surface area contributed by atoms with E-state index in [1.807, 2.05) is 6.92 Å². The highest BCUT2D eigenvalue weighted by atomic mass is 16.3. The van der Waals surface area contributed by atoms with Crippen LogP contribution in [0.4, 0.5) is 0 Å². The molecule has 15 heavy (non-hydrogen) atoms. The van der Waals surface area contributed by atoms with Crippen molar-refractivity contribution in [1.82, 2.24) is 9.97 Å². The molecule has 0 unspecified atom stereocenters. The Morgan fingerprint density at radius 2 is 2.27 bits per heavy atom. The second-order valence-corrected chi connectivity index (χ2v) is 3.41. The topological polar surface area (TPSA) is 66.0 Å². The van der Waals surface area contributed by atoms with Crippen LogP contribution in [0, 0.1) is 0 Å². The van der Waals surface area contributed by atoms with Gasteiger partial charge in [0.15, 0.2) is 0 Å². The number of rotatable bonds is 2. The predicted octanol–water partition coefficient (Wildman–Crippen LogP) is 0.978. The van der Waals surface area contributed by atoms with Gasteiger partial charge < -0.3 is 10.1 Å². The average Bonchev–Trinajstić information content (AvgIpc) is 2.27. The van der Waals surface area contributed by atoms with Crippen LogP contribution in [0.25, 0.3) is 11.0 Å². The maximum Gasteiger partial charge on any atom is 0.251 e. The quantitative estimate of drug-likeness (QED) is 0.766. The Kier molecular flexibility index (Phi) is 2.51. The van der Waals surface area contributed by atoms with Crippen molar-refractivity contribution < 1.29 is 5.11 Å². The van der Waals surface area contributed by atoms with Gasteiger partial charge in [-0.15, -0.1) is 0 Å². The molecule has 2 N–H and O–H groups in total. The van der Waals surface area contributed by atoms with Gasteiger partial charge in [0.2, 0.25) is 0 Å². The maximum absolute atomic E-state index is 11.5. The van der Waals surface area contributed by atoms with Gasteiger partial charge in [0, 0.05) is 11.8 Å². The van der Waals surface area contributed by atoms with Crippen molar-refractivity contribution in [2.24, 2.45) is 0 Å². The molecule has 0 amide bonds. The first-order chi connectivity index (χ1) is 7.24. The summed E-state index contributed by atoms with van der Waals surface area (Å²) in [4.78, 5) is 18.4. The van der Waals surface area contributed by atoms with Crippen LogP contribution in [0.15, 0.2) is 23.1 Å². The van der Waals surface area contributed by atoms with Crippen molar-refractivity contribution >= 4 is 11.0 Å². The number of nitrogens with zero attached hydrogens (tertiary/aromatic N) is 1. The van der Waals surface area contributed by atoms with Gasteiger partial charge in [0.1, 0.15) is 0 Å². The van der Waals surface area contributed by atoms with E-state index < -0.39 is 0 Å². The molecule has 0 aromatic carbocycles. The third-order valence-electron chi connectivity index (χ3n) is 2.39. The van der Waals surface area contributed by atoms with Gasteiger partial charge >= 0.3 is 0 Å². The summed E-state index contributed by atoms with van der Waals surface area (Å²) < 4.78 is 0. The van der Waals surface area contributed by atoms with Crippen molar-refractivity contribution in [2.45, 2.75) is 20.0 Å². The SMILES string of the molecule is CCc1cc2ncc(CO)cc2[nH]c1=O. The molecule has 0 spiro atoms. The van der Waals surface area contributed by atoms with Crippen LogP contribution < -0.4 is 5.56 Å². The summed E-state index contributed by atoms with van der Waals surface area (Å²) >= 11 is 0. The van der Waals surface area contributed by atoms with Gasteiger partial charge in [0.05, 0.1) is 17.6 Å². The summed E-state index contributed by atoms with van der Waals surface area (Å²) in [6, 6.07) is 3.53. The highest BCUT2D eigenvalue weighted by molar-refractivity contribution is 5.74. The average molecular weight is 204 g/mol. The number of fused-ring (bicyclic) bond motifs is 1. The largest absolute Gasteiger partial charge is 0.392 e. The van der Waals surface area contributed by atoms with Crippen LogP contribution in [0.3, 0.4) is 0 Å². The zero-order chi connectivity index (χ0) is 10.8. The van der Waals surface area contributed by atoms with E-state index in [-0.39, 0.29) is 12.2 Å². The number of aryl methyl sites for hydroxylation is 1. The first kappa shape index (κ1) is 9.86. The van der Waals surface area contributed by atoms with Gasteiger partial charge in [-0.05, 0) is 24.1 Å². The van der Waals surface area contributed by atoms with Gasteiger partial charge in [-0.3, -0.25) is 9.78 Å². The van der Waals surface area contributed by atoms with E-state index in [1.54, 1.807) is 18.3 Å². The van der Waals surface area contributed by atoms with Gasteiger partial charge in [0.25, 0.3) is 5.56 Å². The maximum atomic E-state index is 11.5. The molecule has 2 aromatic heterocycles. The minimum atomic E-state index is -0.0816. The zero-order valence-corrected chi connectivity index (χ0v) is 8.45. The summed E-state index contributed by atoms with van der Waals surface area (Å²) in [6.07, 6.45) is 2.30. The van der Waals surface area contributed by atoms with E-state index in [2.05, 4.69) is 9.97 Å². The van der Waals surface area contributed by atoms with Crippen molar-refractivity contribution in [3.8, 4) is 0 Å². The summed E-state index contributed by atoms with van der Waals surface area (Å²) in [7, 11) is 0. The molecule has 2 rings (SSSR count). The lowest BCUT2D eigenvalue weighted by molar-refractivity contribution is 0.281. The third-order valence-corrected chi connectivity index (χ3v) is 2.39. The van der Waals surface area contributed by atoms with Crippen molar-refractivity contribution in [1.29, 1.82) is 0 Å². The monoisotopic (exact) mass is 204 g/mol. The van der Waals surface area contributed by atoms with Gasteiger partial charge in [-0.1, -0.05) is 6.92 Å². The van der Waals surface area contributed by atoms with E-state index in [0.717, 1.165) is 11.1 Å². The Bertz CT molecular complexity index is 546. The number of nitrogens with one attached hydrogen (secondary N) is 1. The van der Waals surface area contributed by atoms with E-state index in [4.69, 9.17) is 5.11 Å². The molecule has 0 saturated carbocycles. The van der Waals surface area contributed by atoms with Crippen LogP contribution in [0.5, 0.6) is 0 Å². The molecular weight excluding hydrogens is 192 g/mol. The number of aromatic amines is 1. The fourth-order valence-electron chi connectivity index (χ4n) is 1.52. The Morgan fingerprint density at radius 3 is 2.93 bits per heavy atom. The molecule has 4 nitrogen and oxygen atoms in total. The van der Waals surface area contributed by atoms with Crippen LogP contribution in [0.1, 0.15) is 18.1 Å². The lowest BCUT2D eigenvalue weighted by Crippen LogP contribution is -2.11. The van der Waals surface area contributed by atoms with Gasteiger partial charge in [-0.2, -0.15) is 0 Å². The van der Waals surface area contributed by atoms with Crippen LogP contribution in [-0.2, 0) is 13.0 Å². The molecule has 0 bridgehead atoms. The lowest BCUT2D eigenvalue weighted by atomic mass is 10.2. The number of aliphatic hydroxyl groups excluding tert-OH is 1. The highest BCUT2D eigenvalue weighted by Crippen LogP contribution is 2.10. The van der Waals surface area contributed by atoms with Crippen molar-refractivity contribution in [3.63, 3.8) is 0 Å². The molecule has 0 aliphatic rings. The molecule has 2 heterocycles. The van der Waals surface area contributed by atoms with Gasteiger partial charge in [-0.25, -0.2) is 0 Å². The Balaban J connectivity index is 2.70. The van der Waals surface area contributed by atoms with E-state index in [0.29, 0.717) is 17.5 Å². The molecule has 0 aliphatic heterocycles. The molecule has 2 aromatic rings. The van der Waals surface area contributed by atoms with Crippen LogP contribution in [-0.4, -0.2) is 15.1 Å². The van der Waals surface area contributed by atoms with E-state index in [1.165, 1.54) is 0 Å². The summed E-state index contributed by atoms with van der Waals surface area (Å²) in [6.45, 7) is 1.86. The summed E-state index contributed by atoms with van der Waals surface area (Å²) in [5.74, 6) is 0. The molecule has 0 fully saturated rings. The molecule has 0 atom stereocenters. The Morgan fingerprint density at radius 1 is 1.47 bits per heavy atom. The number of aliphatic hydroxyl groups is 1. The third kappa shape index (κ3) is 1.76. The number of pyridine rings is 2. The molecular formula is C11H12N2O2. The Labute approximate surface area is 86.6 Å². The molecule has 0 aliphatic carbocycles. The van der Waals surface area contributed by atoms with E-state index in [9.17, 15) is 4.79 Å². The number of hydrogen-bond acceptors (Lipinski definition) is 3. The summed E-state index contributed by atoms with van der Waals surface area (Å²) in [5.41, 5.74) is 2.77. The first-order valence-electron chi connectivity index (χ1n) is 4.86. The predicted molar refractivity (Wildman–Crippen MR) is 57.7 cm³/mol. The highest BCUT2D eigenvalue weighted by Gasteiger charge is 2.02. The number of aromatic nitrogens is 2. The minimum Gasteiger partial charge on any atom is -0.392 e. The number of H-pyrrole nitrogens is 1. The standard InChI is InChI=1S/C11H12N2O2/c1-2-8-4-9-10(13-11(8)15)3-7(6-14)5-12-9/h3-5,14H,2,6H2,1H3,(H,13,15). The fourth-order valence-corrected chi connectivity index (χ4v) is 1.52. The minimum absolute atomic E-state index is 0.0689. The second kappa shape index (κ2) is 3.82. The Hall–Kier alpha value is -1.68. The van der Waals surface area contributed by atoms with Crippen LogP contribution >= 0.6 is 0 Å². The van der Waals surface area contributed by atoms with Crippen molar-refractivity contribution in [3.05, 3.63) is 39.8 Å². The van der Waals surface area contributed by atoms with Crippen molar-refractivity contribution in [2.75, 3.05) is 0 Å². The van der Waals surface area contributed by atoms with Crippen LogP contribution in [0.2, 0.25) is 0 Å². The molecule has 4 heteroatoms. The molecule has 78 valence electrons. The second-order valence-electron chi connectivity index (χ2n) is 3.41.